The summed E-state index contributed by atoms with van der Waals surface area (Å²) in [5.74, 6) is 0. The molecule has 3 N–H and O–H groups in total. The van der Waals surface area contributed by atoms with E-state index in [1.165, 1.54) is 25.7 Å². The molecule has 2 rings (SSSR count). The van der Waals surface area contributed by atoms with E-state index >= 15 is 0 Å². The van der Waals surface area contributed by atoms with Gasteiger partial charge in [0.05, 0.1) is 10.7 Å². The van der Waals surface area contributed by atoms with Crippen LogP contribution in [0.25, 0.3) is 0 Å². The average molecular weight is 297 g/mol. The molecule has 0 saturated heterocycles. The number of thiocarbonyl (C=S) groups is 1. The van der Waals surface area contributed by atoms with Crippen molar-refractivity contribution in [2.24, 2.45) is 11.1 Å². The van der Waals surface area contributed by atoms with Gasteiger partial charge in [0.25, 0.3) is 0 Å². The Labute approximate surface area is 125 Å². The van der Waals surface area contributed by atoms with Crippen LogP contribution in [0.3, 0.4) is 0 Å². The molecule has 0 radical (unpaired) electrons. The van der Waals surface area contributed by atoms with Crippen molar-refractivity contribution in [1.29, 1.82) is 0 Å². The molecule has 0 heterocycles. The van der Waals surface area contributed by atoms with E-state index in [2.05, 4.69) is 19.2 Å². The molecular formula is C15H21ClN2S. The molecule has 104 valence electrons. The van der Waals surface area contributed by atoms with Crippen molar-refractivity contribution in [2.75, 3.05) is 5.32 Å². The standard InChI is InChI=1S/C15H21ClN2S/c1-15(2)7-5-11(6-8-15)18-13-4-3-10(14(17)19)9-12(13)16/h3-4,9,11,18H,5-8H2,1-2H3,(H2,17,19). The van der Waals surface area contributed by atoms with E-state index < -0.39 is 0 Å². The maximum absolute atomic E-state index is 6.27. The molecule has 0 aromatic heterocycles. The lowest BCUT2D eigenvalue weighted by Crippen LogP contribution is -2.29. The summed E-state index contributed by atoms with van der Waals surface area (Å²) in [5, 5.41) is 4.23. The third kappa shape index (κ3) is 3.83. The van der Waals surface area contributed by atoms with E-state index in [4.69, 9.17) is 29.6 Å². The Bertz CT molecular complexity index is 475. The molecule has 2 nitrogen and oxygen atoms in total. The highest BCUT2D eigenvalue weighted by Gasteiger charge is 2.26. The third-order valence-electron chi connectivity index (χ3n) is 3.95. The molecule has 0 atom stereocenters. The van der Waals surface area contributed by atoms with Gasteiger partial charge in [-0.15, -0.1) is 0 Å². The minimum absolute atomic E-state index is 0.382. The predicted octanol–water partition coefficient (Wildman–Crippen LogP) is 4.35. The number of rotatable bonds is 3. The highest BCUT2D eigenvalue weighted by Crippen LogP contribution is 2.36. The summed E-state index contributed by atoms with van der Waals surface area (Å²) >= 11 is 11.2. The first-order valence-corrected chi connectivity index (χ1v) is 7.52. The van der Waals surface area contributed by atoms with Gasteiger partial charge in [-0.05, 0) is 49.3 Å². The van der Waals surface area contributed by atoms with E-state index in [1.807, 2.05) is 18.2 Å². The fourth-order valence-electron chi connectivity index (χ4n) is 2.55. The highest BCUT2D eigenvalue weighted by molar-refractivity contribution is 7.80. The van der Waals surface area contributed by atoms with Gasteiger partial charge < -0.3 is 11.1 Å². The largest absolute Gasteiger partial charge is 0.389 e. The number of nitrogens with two attached hydrogens (primary N) is 1. The van der Waals surface area contributed by atoms with Gasteiger partial charge in [-0.2, -0.15) is 0 Å². The molecule has 0 amide bonds. The lowest BCUT2D eigenvalue weighted by atomic mass is 9.75. The van der Waals surface area contributed by atoms with Gasteiger partial charge in [-0.25, -0.2) is 0 Å². The summed E-state index contributed by atoms with van der Waals surface area (Å²) in [4.78, 5) is 0.382. The van der Waals surface area contributed by atoms with Crippen LogP contribution in [-0.4, -0.2) is 11.0 Å². The summed E-state index contributed by atoms with van der Waals surface area (Å²) in [6.07, 6.45) is 4.90. The van der Waals surface area contributed by atoms with Crippen LogP contribution in [0.2, 0.25) is 5.02 Å². The molecule has 1 aromatic carbocycles. The first-order valence-electron chi connectivity index (χ1n) is 6.73. The molecule has 1 saturated carbocycles. The van der Waals surface area contributed by atoms with E-state index in [-0.39, 0.29) is 0 Å². The van der Waals surface area contributed by atoms with Crippen LogP contribution in [0.4, 0.5) is 5.69 Å². The minimum Gasteiger partial charge on any atom is -0.389 e. The second kappa shape index (κ2) is 5.68. The Balaban J connectivity index is 2.02. The number of hydrogen-bond donors (Lipinski definition) is 2. The van der Waals surface area contributed by atoms with Gasteiger partial charge in [0.2, 0.25) is 0 Å². The monoisotopic (exact) mass is 296 g/mol. The Morgan fingerprint density at radius 2 is 2.00 bits per heavy atom. The number of anilines is 1. The van der Waals surface area contributed by atoms with Crippen LogP contribution in [0.15, 0.2) is 18.2 Å². The van der Waals surface area contributed by atoms with Crippen LogP contribution in [0.1, 0.15) is 45.1 Å². The molecule has 0 spiro atoms. The van der Waals surface area contributed by atoms with Crippen LogP contribution in [0.5, 0.6) is 0 Å². The van der Waals surface area contributed by atoms with Crippen LogP contribution in [-0.2, 0) is 0 Å². The number of nitrogens with one attached hydrogen (secondary N) is 1. The summed E-state index contributed by atoms with van der Waals surface area (Å²) in [6.45, 7) is 4.68. The first kappa shape index (κ1) is 14.6. The highest BCUT2D eigenvalue weighted by atomic mass is 35.5. The smallest absolute Gasteiger partial charge is 0.104 e. The maximum Gasteiger partial charge on any atom is 0.104 e. The second-order valence-electron chi connectivity index (χ2n) is 6.14. The van der Waals surface area contributed by atoms with Crippen molar-refractivity contribution in [3.63, 3.8) is 0 Å². The first-order chi connectivity index (χ1) is 8.87. The zero-order valence-corrected chi connectivity index (χ0v) is 13.1. The molecular weight excluding hydrogens is 276 g/mol. The van der Waals surface area contributed by atoms with Crippen LogP contribution in [0, 0.1) is 5.41 Å². The topological polar surface area (TPSA) is 38.0 Å². The molecule has 0 unspecified atom stereocenters. The lowest BCUT2D eigenvalue weighted by molar-refractivity contribution is 0.232. The van der Waals surface area contributed by atoms with Crippen molar-refractivity contribution in [2.45, 2.75) is 45.6 Å². The molecule has 0 bridgehead atoms. The van der Waals surface area contributed by atoms with Gasteiger partial charge in [-0.1, -0.05) is 37.7 Å². The van der Waals surface area contributed by atoms with Crippen molar-refractivity contribution in [3.05, 3.63) is 28.8 Å². The second-order valence-corrected chi connectivity index (χ2v) is 6.99. The summed E-state index contributed by atoms with van der Waals surface area (Å²) in [6, 6.07) is 6.24. The van der Waals surface area contributed by atoms with Crippen molar-refractivity contribution >= 4 is 34.5 Å². The van der Waals surface area contributed by atoms with E-state index in [0.717, 1.165) is 11.3 Å². The van der Waals surface area contributed by atoms with Crippen LogP contribution < -0.4 is 11.1 Å². The molecule has 1 aromatic rings. The average Bonchev–Trinajstić information content (AvgIpc) is 2.34. The molecule has 1 fully saturated rings. The Morgan fingerprint density at radius 1 is 1.37 bits per heavy atom. The van der Waals surface area contributed by atoms with E-state index in [9.17, 15) is 0 Å². The third-order valence-corrected chi connectivity index (χ3v) is 4.50. The lowest BCUT2D eigenvalue weighted by Gasteiger charge is -2.35. The quantitative estimate of drug-likeness (QED) is 0.814. The Morgan fingerprint density at radius 3 is 2.53 bits per heavy atom. The van der Waals surface area contributed by atoms with E-state index in [0.29, 0.717) is 21.5 Å². The van der Waals surface area contributed by atoms with Gasteiger partial charge in [-0.3, -0.25) is 0 Å². The molecule has 4 heteroatoms. The number of benzene rings is 1. The van der Waals surface area contributed by atoms with Gasteiger partial charge in [0.1, 0.15) is 4.99 Å². The number of halogens is 1. The SMILES string of the molecule is CC1(C)CCC(Nc2ccc(C(N)=S)cc2Cl)CC1. The zero-order valence-electron chi connectivity index (χ0n) is 11.5. The summed E-state index contributed by atoms with van der Waals surface area (Å²) < 4.78 is 0. The summed E-state index contributed by atoms with van der Waals surface area (Å²) in [7, 11) is 0. The van der Waals surface area contributed by atoms with Crippen LogP contribution >= 0.6 is 23.8 Å². The Hall–Kier alpha value is -0.800. The van der Waals surface area contributed by atoms with E-state index in [1.54, 1.807) is 0 Å². The van der Waals surface area contributed by atoms with Gasteiger partial charge in [0.15, 0.2) is 0 Å². The molecule has 1 aliphatic carbocycles. The maximum atomic E-state index is 6.27. The Kier molecular flexibility index (Phi) is 4.36. The van der Waals surface area contributed by atoms with Crippen molar-refractivity contribution in [3.8, 4) is 0 Å². The summed E-state index contributed by atoms with van der Waals surface area (Å²) in [5.41, 5.74) is 7.88. The fourth-order valence-corrected chi connectivity index (χ4v) is 2.91. The van der Waals surface area contributed by atoms with Gasteiger partial charge >= 0.3 is 0 Å². The van der Waals surface area contributed by atoms with Crippen molar-refractivity contribution in [1.82, 2.24) is 0 Å². The zero-order chi connectivity index (χ0) is 14.0. The minimum atomic E-state index is 0.382. The molecule has 19 heavy (non-hydrogen) atoms. The fraction of sp³-hybridized carbons (Fsp3) is 0.533. The predicted molar refractivity (Wildman–Crippen MR) is 87.0 cm³/mol. The van der Waals surface area contributed by atoms with Crippen molar-refractivity contribution < 1.29 is 0 Å². The molecule has 1 aliphatic rings. The van der Waals surface area contributed by atoms with Gasteiger partial charge in [0, 0.05) is 11.6 Å². The molecule has 0 aliphatic heterocycles. The normalized spacial score (nSPS) is 19.1. The number of hydrogen-bond acceptors (Lipinski definition) is 2.